The number of hydrogen-bond donors (Lipinski definition) is 1. The van der Waals surface area contributed by atoms with Crippen LogP contribution in [0.1, 0.15) is 52.4 Å². The molecule has 0 saturated carbocycles. The fourth-order valence-electron chi connectivity index (χ4n) is 3.92. The Balaban J connectivity index is 2.13. The van der Waals surface area contributed by atoms with Gasteiger partial charge >= 0.3 is 0 Å². The summed E-state index contributed by atoms with van der Waals surface area (Å²) in [5.41, 5.74) is 5.55. The monoisotopic (exact) mass is 281 g/mol. The molecule has 20 heavy (non-hydrogen) atoms. The van der Waals surface area contributed by atoms with Gasteiger partial charge < -0.3 is 10.6 Å². The first-order valence-corrected chi connectivity index (χ1v) is 7.94. The summed E-state index contributed by atoms with van der Waals surface area (Å²) in [6.45, 7) is 5.72. The van der Waals surface area contributed by atoms with E-state index in [1.165, 1.54) is 0 Å². The molecule has 0 radical (unpaired) electrons. The van der Waals surface area contributed by atoms with Gasteiger partial charge in [0.05, 0.1) is 6.04 Å². The molecule has 2 aliphatic heterocycles. The molecular formula is C15H27N3O2. The maximum atomic E-state index is 12.1. The van der Waals surface area contributed by atoms with Crippen LogP contribution in [0.4, 0.5) is 0 Å². The van der Waals surface area contributed by atoms with Gasteiger partial charge in [0.15, 0.2) is 0 Å². The van der Waals surface area contributed by atoms with Gasteiger partial charge in [0, 0.05) is 25.0 Å². The van der Waals surface area contributed by atoms with E-state index in [2.05, 4.69) is 4.90 Å². The van der Waals surface area contributed by atoms with Crippen LogP contribution in [0.5, 0.6) is 0 Å². The van der Waals surface area contributed by atoms with Gasteiger partial charge in [-0.15, -0.1) is 0 Å². The third-order valence-electron chi connectivity index (χ3n) is 4.82. The van der Waals surface area contributed by atoms with Crippen molar-refractivity contribution in [2.45, 2.75) is 70.5 Å². The molecule has 0 unspecified atom stereocenters. The van der Waals surface area contributed by atoms with Gasteiger partial charge in [-0.1, -0.05) is 13.8 Å². The molecule has 0 bridgehead atoms. The topological polar surface area (TPSA) is 66.6 Å². The van der Waals surface area contributed by atoms with Crippen LogP contribution in [-0.2, 0) is 9.59 Å². The summed E-state index contributed by atoms with van der Waals surface area (Å²) < 4.78 is 0. The summed E-state index contributed by atoms with van der Waals surface area (Å²) in [4.78, 5) is 28.0. The van der Waals surface area contributed by atoms with E-state index in [4.69, 9.17) is 5.73 Å². The number of nitrogens with two attached hydrogens (primary N) is 1. The molecule has 2 heterocycles. The molecule has 2 saturated heterocycles. The summed E-state index contributed by atoms with van der Waals surface area (Å²) >= 11 is 0. The van der Waals surface area contributed by atoms with Crippen LogP contribution in [0.3, 0.4) is 0 Å². The number of hydrogen-bond acceptors (Lipinski definition) is 3. The van der Waals surface area contributed by atoms with Crippen molar-refractivity contribution in [1.29, 1.82) is 0 Å². The zero-order chi connectivity index (χ0) is 14.7. The SMILES string of the molecule is CCC(=O)N1CCC[C@@H]1[C@H]1CCCN1[C@@H](CC)C(N)=O. The van der Waals surface area contributed by atoms with E-state index in [9.17, 15) is 9.59 Å². The van der Waals surface area contributed by atoms with Crippen LogP contribution in [-0.4, -0.2) is 52.8 Å². The molecule has 3 atom stereocenters. The van der Waals surface area contributed by atoms with Gasteiger partial charge in [0.25, 0.3) is 0 Å². The molecule has 114 valence electrons. The van der Waals surface area contributed by atoms with Gasteiger partial charge in [-0.2, -0.15) is 0 Å². The van der Waals surface area contributed by atoms with E-state index in [0.717, 1.165) is 45.2 Å². The number of rotatable bonds is 5. The Morgan fingerprint density at radius 3 is 2.40 bits per heavy atom. The average molecular weight is 281 g/mol. The van der Waals surface area contributed by atoms with E-state index in [0.29, 0.717) is 12.5 Å². The summed E-state index contributed by atoms with van der Waals surface area (Å²) in [5.74, 6) is 0.0113. The molecular weight excluding hydrogens is 254 g/mol. The highest BCUT2D eigenvalue weighted by Gasteiger charge is 2.42. The van der Waals surface area contributed by atoms with Gasteiger partial charge in [0.1, 0.15) is 0 Å². The van der Waals surface area contributed by atoms with Gasteiger partial charge in [-0.25, -0.2) is 0 Å². The summed E-state index contributed by atoms with van der Waals surface area (Å²) in [6.07, 6.45) is 5.62. The minimum atomic E-state index is -0.231. The maximum absolute atomic E-state index is 12.1. The third-order valence-corrected chi connectivity index (χ3v) is 4.82. The average Bonchev–Trinajstić information content (AvgIpc) is 3.06. The van der Waals surface area contributed by atoms with Crippen molar-refractivity contribution in [3.8, 4) is 0 Å². The Morgan fingerprint density at radius 2 is 1.80 bits per heavy atom. The molecule has 0 aromatic rings. The summed E-state index contributed by atoms with van der Waals surface area (Å²) in [5, 5.41) is 0. The van der Waals surface area contributed by atoms with Crippen molar-refractivity contribution in [3.05, 3.63) is 0 Å². The molecule has 2 N–H and O–H groups in total. The normalized spacial score (nSPS) is 28.8. The highest BCUT2D eigenvalue weighted by molar-refractivity contribution is 5.80. The molecule has 2 amide bonds. The molecule has 0 aromatic carbocycles. The zero-order valence-electron chi connectivity index (χ0n) is 12.7. The van der Waals surface area contributed by atoms with Crippen molar-refractivity contribution in [2.75, 3.05) is 13.1 Å². The first kappa shape index (κ1) is 15.3. The Hall–Kier alpha value is -1.10. The molecule has 2 fully saturated rings. The number of amides is 2. The minimum Gasteiger partial charge on any atom is -0.368 e. The number of carbonyl (C=O) groups is 2. The lowest BCUT2D eigenvalue weighted by atomic mass is 10.0. The van der Waals surface area contributed by atoms with Crippen LogP contribution in [0.2, 0.25) is 0 Å². The van der Waals surface area contributed by atoms with Crippen LogP contribution in [0.25, 0.3) is 0 Å². The predicted molar refractivity (Wildman–Crippen MR) is 78.0 cm³/mol. The van der Waals surface area contributed by atoms with Crippen LogP contribution in [0, 0.1) is 0 Å². The number of nitrogens with zero attached hydrogens (tertiary/aromatic N) is 2. The lowest BCUT2D eigenvalue weighted by Crippen LogP contribution is -2.54. The van der Waals surface area contributed by atoms with Crippen molar-refractivity contribution in [1.82, 2.24) is 9.80 Å². The number of carbonyl (C=O) groups excluding carboxylic acids is 2. The first-order chi connectivity index (χ1) is 9.60. The molecule has 2 rings (SSSR count). The molecule has 0 aromatic heterocycles. The second-order valence-electron chi connectivity index (χ2n) is 5.92. The third kappa shape index (κ3) is 2.82. The molecule has 0 spiro atoms. The Bertz CT molecular complexity index is 372. The maximum Gasteiger partial charge on any atom is 0.234 e. The number of likely N-dealkylation sites (tertiary alicyclic amines) is 2. The Kier molecular flexibility index (Phi) is 5.02. The van der Waals surface area contributed by atoms with Crippen LogP contribution >= 0.6 is 0 Å². The molecule has 2 aliphatic rings. The molecule has 5 nitrogen and oxygen atoms in total. The standard InChI is InChI=1S/C15H27N3O2/c1-3-11(15(16)20)17-9-5-7-12(17)13-8-6-10-18(13)14(19)4-2/h11-13H,3-10H2,1-2H3,(H2,16,20)/t11-,12+,13+/m0/s1. The van der Waals surface area contributed by atoms with E-state index >= 15 is 0 Å². The van der Waals surface area contributed by atoms with Gasteiger partial charge in [-0.3, -0.25) is 14.5 Å². The Labute approximate surface area is 121 Å². The highest BCUT2D eigenvalue weighted by atomic mass is 16.2. The van der Waals surface area contributed by atoms with Crippen molar-refractivity contribution in [3.63, 3.8) is 0 Å². The van der Waals surface area contributed by atoms with Crippen molar-refractivity contribution < 1.29 is 9.59 Å². The quantitative estimate of drug-likeness (QED) is 0.821. The van der Waals surface area contributed by atoms with Crippen LogP contribution < -0.4 is 5.73 Å². The van der Waals surface area contributed by atoms with Crippen LogP contribution in [0.15, 0.2) is 0 Å². The second-order valence-corrected chi connectivity index (χ2v) is 5.92. The largest absolute Gasteiger partial charge is 0.368 e. The fraction of sp³-hybridized carbons (Fsp3) is 0.867. The second kappa shape index (κ2) is 6.57. The minimum absolute atomic E-state index is 0.179. The lowest BCUT2D eigenvalue weighted by molar-refractivity contribution is -0.133. The van der Waals surface area contributed by atoms with E-state index in [1.807, 2.05) is 18.7 Å². The molecule has 0 aliphatic carbocycles. The van der Waals surface area contributed by atoms with Crippen molar-refractivity contribution in [2.24, 2.45) is 5.73 Å². The van der Waals surface area contributed by atoms with Gasteiger partial charge in [0.2, 0.25) is 11.8 Å². The van der Waals surface area contributed by atoms with Crippen molar-refractivity contribution >= 4 is 11.8 Å². The highest BCUT2D eigenvalue weighted by Crippen LogP contribution is 2.32. The number of primary amides is 1. The zero-order valence-corrected chi connectivity index (χ0v) is 12.7. The summed E-state index contributed by atoms with van der Waals surface area (Å²) in [7, 11) is 0. The van der Waals surface area contributed by atoms with E-state index in [-0.39, 0.29) is 23.9 Å². The smallest absolute Gasteiger partial charge is 0.234 e. The van der Waals surface area contributed by atoms with Gasteiger partial charge in [-0.05, 0) is 38.6 Å². The summed E-state index contributed by atoms with van der Waals surface area (Å²) in [6, 6.07) is 0.408. The van der Waals surface area contributed by atoms with E-state index in [1.54, 1.807) is 0 Å². The fourth-order valence-corrected chi connectivity index (χ4v) is 3.92. The predicted octanol–water partition coefficient (Wildman–Crippen LogP) is 1.12. The van der Waals surface area contributed by atoms with E-state index < -0.39 is 0 Å². The lowest BCUT2D eigenvalue weighted by Gasteiger charge is -2.37. The molecule has 5 heteroatoms. The Morgan fingerprint density at radius 1 is 1.15 bits per heavy atom. The first-order valence-electron chi connectivity index (χ1n) is 7.94.